The Morgan fingerprint density at radius 1 is 0.255 bits per heavy atom. The highest BCUT2D eigenvalue weighted by Gasteiger charge is 2.25. The zero-order chi connectivity index (χ0) is 36.0. The molecule has 0 bridgehead atoms. The van der Waals surface area contributed by atoms with Gasteiger partial charge in [-0.2, -0.15) is 0 Å². The molecule has 0 unspecified atom stereocenters. The van der Waals surface area contributed by atoms with Gasteiger partial charge in [-0.1, -0.05) is 158 Å². The fourth-order valence-electron chi connectivity index (χ4n) is 8.98. The lowest BCUT2D eigenvalue weighted by atomic mass is 9.84. The maximum absolute atomic E-state index is 6.89. The molecule has 55 heavy (non-hydrogen) atoms. The Balaban J connectivity index is 1.16. The van der Waals surface area contributed by atoms with Crippen molar-refractivity contribution in [1.29, 1.82) is 0 Å². The second kappa shape index (κ2) is 11.6. The summed E-state index contributed by atoms with van der Waals surface area (Å²) < 4.78 is 20.4. The maximum atomic E-state index is 6.89. The zero-order valence-electron chi connectivity index (χ0n) is 29.5. The van der Waals surface area contributed by atoms with E-state index >= 15 is 0 Å². The molecule has 0 saturated carbocycles. The lowest BCUT2D eigenvalue weighted by Crippen LogP contribution is -1.91. The van der Waals surface area contributed by atoms with E-state index in [4.69, 9.17) is 13.3 Å². The number of hydrogen-bond donors (Lipinski definition) is 0. The van der Waals surface area contributed by atoms with E-state index in [9.17, 15) is 0 Å². The molecule has 9 aromatic carbocycles. The van der Waals surface area contributed by atoms with Crippen molar-refractivity contribution in [2.24, 2.45) is 0 Å². The molecular formula is C52H30O3. The SMILES string of the molecule is c1ccc(-c2oc3c(ccc4c3oc3cccc(-c5c6ccccc6c(-c6cccc7c6oc6ccccc67)c6ccccc56)c34)c2-c2ccccc2)cc1. The number of hydrogen-bond acceptors (Lipinski definition) is 3. The molecule has 12 rings (SSSR count). The van der Waals surface area contributed by atoms with Gasteiger partial charge in [0.15, 0.2) is 11.2 Å². The first kappa shape index (κ1) is 30.1. The third-order valence-electron chi connectivity index (χ3n) is 11.3. The number of fused-ring (bicyclic) bond motifs is 10. The molecule has 0 spiro atoms. The number of para-hydroxylation sites is 2. The van der Waals surface area contributed by atoms with Gasteiger partial charge < -0.3 is 13.3 Å². The lowest BCUT2D eigenvalue weighted by molar-refractivity contribution is 0.612. The average Bonchev–Trinajstić information content (AvgIpc) is 3.95. The predicted molar refractivity (Wildman–Crippen MR) is 228 cm³/mol. The monoisotopic (exact) mass is 702 g/mol. The van der Waals surface area contributed by atoms with E-state index < -0.39 is 0 Å². The van der Waals surface area contributed by atoms with Gasteiger partial charge in [0.1, 0.15) is 22.5 Å². The minimum Gasteiger partial charge on any atom is -0.455 e. The quantitative estimate of drug-likeness (QED) is 0.171. The topological polar surface area (TPSA) is 39.4 Å². The van der Waals surface area contributed by atoms with Crippen molar-refractivity contribution in [3.8, 4) is 44.7 Å². The minimum atomic E-state index is 0.751. The van der Waals surface area contributed by atoms with Crippen LogP contribution in [0.15, 0.2) is 195 Å². The molecule has 0 aliphatic heterocycles. The highest BCUT2D eigenvalue weighted by atomic mass is 16.4. The van der Waals surface area contributed by atoms with Gasteiger partial charge in [0, 0.05) is 49.2 Å². The summed E-state index contributed by atoms with van der Waals surface area (Å²) in [5, 5.41) is 10.0. The van der Waals surface area contributed by atoms with Gasteiger partial charge in [-0.3, -0.25) is 0 Å². The van der Waals surface area contributed by atoms with Crippen LogP contribution in [0.5, 0.6) is 0 Å². The van der Waals surface area contributed by atoms with Gasteiger partial charge in [-0.05, 0) is 62.5 Å². The van der Waals surface area contributed by atoms with E-state index in [1.807, 2.05) is 18.2 Å². The van der Waals surface area contributed by atoms with Gasteiger partial charge in [-0.25, -0.2) is 0 Å². The average molecular weight is 703 g/mol. The fourth-order valence-corrected chi connectivity index (χ4v) is 8.98. The van der Waals surface area contributed by atoms with Crippen molar-refractivity contribution in [3.05, 3.63) is 182 Å². The van der Waals surface area contributed by atoms with Crippen LogP contribution in [-0.4, -0.2) is 0 Å². The summed E-state index contributed by atoms with van der Waals surface area (Å²) in [5.41, 5.74) is 11.9. The molecule has 0 aliphatic rings. The fraction of sp³-hybridized carbons (Fsp3) is 0. The first-order valence-corrected chi connectivity index (χ1v) is 18.7. The van der Waals surface area contributed by atoms with Crippen LogP contribution in [0.1, 0.15) is 0 Å². The van der Waals surface area contributed by atoms with Crippen molar-refractivity contribution < 1.29 is 13.3 Å². The van der Waals surface area contributed by atoms with Crippen LogP contribution in [0.4, 0.5) is 0 Å². The summed E-state index contributed by atoms with van der Waals surface area (Å²) in [4.78, 5) is 0. The smallest absolute Gasteiger partial charge is 0.178 e. The Hall–Kier alpha value is -7.36. The van der Waals surface area contributed by atoms with Crippen LogP contribution >= 0.6 is 0 Å². The standard InChI is InChI=1S/C52H30O3/c1-3-15-31(16-4-1)45-41-29-30-42-48-39(25-14-28-44(48)54-51(42)52(41)55-49(45)32-17-5-2-6-18-32)46-34-20-7-9-22-36(34)47(37-23-10-8-21-35(37)46)40-26-13-24-38-33-19-11-12-27-43(33)53-50(38)40/h1-30H. The van der Waals surface area contributed by atoms with Crippen molar-refractivity contribution in [1.82, 2.24) is 0 Å². The van der Waals surface area contributed by atoms with Crippen LogP contribution in [-0.2, 0) is 0 Å². The third-order valence-corrected chi connectivity index (χ3v) is 11.3. The number of furan rings is 3. The van der Waals surface area contributed by atoms with Gasteiger partial charge in [0.2, 0.25) is 0 Å². The largest absolute Gasteiger partial charge is 0.455 e. The van der Waals surface area contributed by atoms with Crippen molar-refractivity contribution in [2.75, 3.05) is 0 Å². The molecule has 0 aliphatic carbocycles. The van der Waals surface area contributed by atoms with Crippen molar-refractivity contribution in [3.63, 3.8) is 0 Å². The van der Waals surface area contributed by atoms with E-state index in [1.165, 1.54) is 32.7 Å². The molecule has 0 N–H and O–H groups in total. The van der Waals surface area contributed by atoms with Crippen LogP contribution in [0, 0.1) is 0 Å². The summed E-state index contributed by atoms with van der Waals surface area (Å²) in [6.07, 6.45) is 0. The normalized spacial score (nSPS) is 12.0. The van der Waals surface area contributed by atoms with Crippen LogP contribution in [0.3, 0.4) is 0 Å². The lowest BCUT2D eigenvalue weighted by Gasteiger charge is -2.18. The second-order valence-electron chi connectivity index (χ2n) is 14.3. The Morgan fingerprint density at radius 3 is 1.45 bits per heavy atom. The van der Waals surface area contributed by atoms with Gasteiger partial charge in [0.25, 0.3) is 0 Å². The molecule has 0 fully saturated rings. The van der Waals surface area contributed by atoms with E-state index in [1.54, 1.807) is 0 Å². The van der Waals surface area contributed by atoms with E-state index in [-0.39, 0.29) is 0 Å². The third kappa shape index (κ3) is 4.32. The zero-order valence-corrected chi connectivity index (χ0v) is 29.5. The summed E-state index contributed by atoms with van der Waals surface area (Å²) >= 11 is 0. The first-order valence-electron chi connectivity index (χ1n) is 18.7. The molecule has 3 heteroatoms. The summed E-state index contributed by atoms with van der Waals surface area (Å²) in [7, 11) is 0. The second-order valence-corrected chi connectivity index (χ2v) is 14.3. The number of rotatable bonds is 4. The van der Waals surface area contributed by atoms with Crippen LogP contribution in [0.2, 0.25) is 0 Å². The summed E-state index contributed by atoms with van der Waals surface area (Å²) in [6, 6.07) is 64.0. The summed E-state index contributed by atoms with van der Waals surface area (Å²) in [5.74, 6) is 0.835. The molecule has 0 amide bonds. The number of benzene rings is 9. The van der Waals surface area contributed by atoms with E-state index in [0.29, 0.717) is 0 Å². The highest BCUT2D eigenvalue weighted by Crippen LogP contribution is 2.50. The van der Waals surface area contributed by atoms with Gasteiger partial charge >= 0.3 is 0 Å². The molecule has 0 saturated heterocycles. The Kier molecular flexibility index (Phi) is 6.34. The van der Waals surface area contributed by atoms with Gasteiger partial charge in [0.05, 0.1) is 0 Å². The first-order chi connectivity index (χ1) is 27.3. The molecule has 3 aromatic heterocycles. The molecule has 256 valence electrons. The maximum Gasteiger partial charge on any atom is 0.178 e. The molecular weight excluding hydrogens is 673 g/mol. The van der Waals surface area contributed by atoms with Crippen LogP contribution < -0.4 is 0 Å². The molecule has 3 heterocycles. The summed E-state index contributed by atoms with van der Waals surface area (Å²) in [6.45, 7) is 0. The molecule has 3 nitrogen and oxygen atoms in total. The Bertz CT molecular complexity index is 3420. The highest BCUT2D eigenvalue weighted by molar-refractivity contribution is 6.28. The van der Waals surface area contributed by atoms with E-state index in [0.717, 1.165) is 88.4 Å². The Morgan fingerprint density at radius 2 is 0.745 bits per heavy atom. The molecule has 0 radical (unpaired) electrons. The minimum absolute atomic E-state index is 0.751. The van der Waals surface area contributed by atoms with Gasteiger partial charge in [-0.15, -0.1) is 0 Å². The predicted octanol–water partition coefficient (Wildman–Crippen LogP) is 15.2. The molecule has 12 aromatic rings. The Labute approximate surface area is 315 Å². The van der Waals surface area contributed by atoms with Crippen LogP contribution in [0.25, 0.3) is 121 Å². The van der Waals surface area contributed by atoms with E-state index in [2.05, 4.69) is 164 Å². The van der Waals surface area contributed by atoms with Crippen molar-refractivity contribution in [2.45, 2.75) is 0 Å². The van der Waals surface area contributed by atoms with Crippen molar-refractivity contribution >= 4 is 76.4 Å². The molecule has 0 atom stereocenters.